The number of nitrogens with zero attached hydrogens (tertiary/aromatic N) is 1. The van der Waals surface area contributed by atoms with Crippen LogP contribution in [0.3, 0.4) is 0 Å². The number of rotatable bonds is 21. The molecule has 180 valence electrons. The first-order valence-electron chi connectivity index (χ1n) is 11.7. The number of likely N-dealkylation sites (N-methyl/N-ethyl adjacent to an activating group) is 1. The molecule has 0 amide bonds. The minimum atomic E-state index is -2.94. The highest BCUT2D eigenvalue weighted by molar-refractivity contribution is 7.33. The average molecular weight is 453 g/mol. The van der Waals surface area contributed by atoms with Crippen LogP contribution in [0.25, 0.3) is 0 Å². The molecule has 0 aliphatic carbocycles. The lowest BCUT2D eigenvalue weighted by Crippen LogP contribution is -2.42. The van der Waals surface area contributed by atoms with E-state index in [-0.39, 0.29) is 6.42 Å². The van der Waals surface area contributed by atoms with Gasteiger partial charge in [-0.1, -0.05) is 77.6 Å². The monoisotopic (exact) mass is 452 g/mol. The Morgan fingerprint density at radius 3 is 1.77 bits per heavy atom. The van der Waals surface area contributed by atoms with Crippen LogP contribution in [0, 0.1) is 0 Å². The van der Waals surface area contributed by atoms with Gasteiger partial charge in [-0.2, -0.15) is 0 Å². The van der Waals surface area contributed by atoms with E-state index in [1.807, 2.05) is 21.1 Å². The van der Waals surface area contributed by atoms with Crippen molar-refractivity contribution in [3.63, 3.8) is 0 Å². The van der Waals surface area contributed by atoms with Gasteiger partial charge in [0.25, 0.3) is 0 Å². The number of unbranched alkanes of at least 4 members (excludes halogenated alkanes) is 11. The molecule has 0 saturated heterocycles. The molecule has 0 aromatic carbocycles. The van der Waals surface area contributed by atoms with E-state index in [2.05, 4.69) is 6.92 Å². The molecule has 3 atom stereocenters. The van der Waals surface area contributed by atoms with E-state index in [9.17, 15) is 14.5 Å². The number of hydrogen-bond donors (Lipinski definition) is 2. The molecule has 2 unspecified atom stereocenters. The molecular formula is C22H47NO6P+. The van der Waals surface area contributed by atoms with Crippen molar-refractivity contribution in [1.29, 1.82) is 0 Å². The van der Waals surface area contributed by atoms with Crippen LogP contribution in [0.4, 0.5) is 0 Å². The molecule has 0 radical (unpaired) electrons. The Morgan fingerprint density at radius 1 is 0.867 bits per heavy atom. The van der Waals surface area contributed by atoms with Gasteiger partial charge in [-0.25, -0.2) is 0 Å². The van der Waals surface area contributed by atoms with Gasteiger partial charge >= 0.3 is 14.2 Å². The highest BCUT2D eigenvalue weighted by Gasteiger charge is 2.24. The maximum Gasteiger partial charge on any atom is 0.321 e. The van der Waals surface area contributed by atoms with Crippen LogP contribution < -0.4 is 0 Å². The maximum atomic E-state index is 12.0. The molecule has 30 heavy (non-hydrogen) atoms. The third kappa shape index (κ3) is 20.8. The third-order valence-electron chi connectivity index (χ3n) is 4.95. The summed E-state index contributed by atoms with van der Waals surface area (Å²) in [4.78, 5) is 11.0. The molecule has 0 heterocycles. The Balaban J connectivity index is 3.78. The van der Waals surface area contributed by atoms with Gasteiger partial charge in [0.1, 0.15) is 12.6 Å². The van der Waals surface area contributed by atoms with Crippen molar-refractivity contribution in [3.05, 3.63) is 0 Å². The van der Waals surface area contributed by atoms with Crippen molar-refractivity contribution in [3.8, 4) is 0 Å². The van der Waals surface area contributed by atoms with Gasteiger partial charge in [-0.05, 0) is 12.8 Å². The topological polar surface area (TPSA) is 93.1 Å². The normalized spacial score (nSPS) is 15.1. The standard InChI is InChI=1S/C22H46NO6P/c1-5-6-7-8-9-10-11-12-13-14-15-16-17-22(26)29-30(27)28-20(18-21(24)25)19-23(2,3)4/h20,22,26,30H,5-19H2,1-4H3/p+1/t20?,22-/m1/s1. The van der Waals surface area contributed by atoms with Crippen LogP contribution in [-0.4, -0.2) is 60.7 Å². The van der Waals surface area contributed by atoms with Gasteiger partial charge < -0.3 is 19.2 Å². The van der Waals surface area contributed by atoms with Gasteiger partial charge in [-0.15, -0.1) is 0 Å². The van der Waals surface area contributed by atoms with Crippen molar-refractivity contribution in [2.75, 3.05) is 27.7 Å². The number of carboxylic acid groups (broad SMARTS) is 1. The van der Waals surface area contributed by atoms with E-state index in [4.69, 9.17) is 14.2 Å². The second kappa shape index (κ2) is 18.1. The molecule has 0 bridgehead atoms. The summed E-state index contributed by atoms with van der Waals surface area (Å²) in [6.07, 6.45) is 13.2. The molecule has 7 nitrogen and oxygen atoms in total. The molecule has 2 N–H and O–H groups in total. The van der Waals surface area contributed by atoms with Crippen molar-refractivity contribution >= 4 is 14.2 Å². The molecule has 0 spiro atoms. The van der Waals surface area contributed by atoms with Crippen molar-refractivity contribution in [1.82, 2.24) is 0 Å². The summed E-state index contributed by atoms with van der Waals surface area (Å²) in [5, 5.41) is 18.9. The third-order valence-corrected chi connectivity index (χ3v) is 5.94. The summed E-state index contributed by atoms with van der Waals surface area (Å²) in [6.45, 7) is 2.63. The second-order valence-corrected chi connectivity index (χ2v) is 10.3. The van der Waals surface area contributed by atoms with E-state index in [0.29, 0.717) is 17.4 Å². The molecule has 0 saturated carbocycles. The zero-order valence-electron chi connectivity index (χ0n) is 19.7. The lowest BCUT2D eigenvalue weighted by Gasteiger charge is -2.28. The molecule has 8 heteroatoms. The first-order chi connectivity index (χ1) is 14.1. The Bertz CT molecular complexity index is 455. The number of aliphatic hydroxyl groups excluding tert-OH is 1. The van der Waals surface area contributed by atoms with Crippen LogP contribution in [0.15, 0.2) is 0 Å². The van der Waals surface area contributed by atoms with Crippen LogP contribution in [0.5, 0.6) is 0 Å². The Hall–Kier alpha value is -0.460. The Kier molecular flexibility index (Phi) is 17.9. The summed E-state index contributed by atoms with van der Waals surface area (Å²) < 4.78 is 22.9. The highest BCUT2D eigenvalue weighted by Crippen LogP contribution is 2.30. The van der Waals surface area contributed by atoms with Gasteiger partial charge in [0.15, 0.2) is 6.29 Å². The fourth-order valence-corrected chi connectivity index (χ4v) is 4.27. The predicted octanol–water partition coefficient (Wildman–Crippen LogP) is 5.37. The number of aliphatic hydroxyl groups is 1. The summed E-state index contributed by atoms with van der Waals surface area (Å²) in [6, 6.07) is 0. The zero-order valence-corrected chi connectivity index (χ0v) is 20.7. The van der Waals surface area contributed by atoms with E-state index < -0.39 is 26.6 Å². The van der Waals surface area contributed by atoms with E-state index in [1.165, 1.54) is 57.8 Å². The van der Waals surface area contributed by atoms with E-state index >= 15 is 0 Å². The summed E-state index contributed by atoms with van der Waals surface area (Å²) in [7, 11) is 2.76. The lowest BCUT2D eigenvalue weighted by atomic mass is 10.0. The molecule has 0 fully saturated rings. The summed E-state index contributed by atoms with van der Waals surface area (Å²) >= 11 is 0. The van der Waals surface area contributed by atoms with Crippen molar-refractivity contribution < 1.29 is 33.1 Å². The van der Waals surface area contributed by atoms with Gasteiger partial charge in [0.2, 0.25) is 0 Å². The number of hydrogen-bond acceptors (Lipinski definition) is 5. The fraction of sp³-hybridized carbons (Fsp3) is 0.955. The number of aliphatic carboxylic acids is 1. The molecule has 0 aromatic rings. The smallest absolute Gasteiger partial charge is 0.321 e. The molecule has 0 rings (SSSR count). The minimum Gasteiger partial charge on any atom is -0.481 e. The van der Waals surface area contributed by atoms with E-state index in [1.54, 1.807) is 0 Å². The zero-order chi connectivity index (χ0) is 22.8. The molecular weight excluding hydrogens is 405 g/mol. The first-order valence-corrected chi connectivity index (χ1v) is 12.9. The van der Waals surface area contributed by atoms with Crippen molar-refractivity contribution in [2.24, 2.45) is 0 Å². The molecule has 0 aliphatic rings. The minimum absolute atomic E-state index is 0.246. The summed E-state index contributed by atoms with van der Waals surface area (Å²) in [5.74, 6) is -1.01. The molecule has 0 aliphatic heterocycles. The Labute approximate surface area is 184 Å². The van der Waals surface area contributed by atoms with Crippen LogP contribution in [0.2, 0.25) is 0 Å². The Morgan fingerprint density at radius 2 is 1.33 bits per heavy atom. The molecule has 0 aromatic heterocycles. The van der Waals surface area contributed by atoms with Gasteiger partial charge in [0, 0.05) is 0 Å². The highest BCUT2D eigenvalue weighted by atomic mass is 31.1. The van der Waals surface area contributed by atoms with Gasteiger partial charge in [0.05, 0.1) is 27.6 Å². The average Bonchev–Trinajstić information content (AvgIpc) is 2.60. The van der Waals surface area contributed by atoms with Crippen LogP contribution in [0.1, 0.15) is 96.8 Å². The fourth-order valence-electron chi connectivity index (χ4n) is 3.44. The second-order valence-electron chi connectivity index (χ2n) is 9.31. The van der Waals surface area contributed by atoms with Crippen molar-refractivity contribution in [2.45, 2.75) is 109 Å². The van der Waals surface area contributed by atoms with E-state index in [0.717, 1.165) is 19.3 Å². The summed E-state index contributed by atoms with van der Waals surface area (Å²) in [5.41, 5.74) is 0. The number of carbonyl (C=O) groups is 1. The SMILES string of the molecule is CCCCCCCCCCCCCC[C@H](O)O[PH](=O)OC(CC(=O)O)C[N+](C)(C)C. The quantitative estimate of drug-likeness (QED) is 0.105. The van der Waals surface area contributed by atoms with Gasteiger partial charge in [-0.3, -0.25) is 13.9 Å². The number of quaternary nitrogens is 1. The predicted molar refractivity (Wildman–Crippen MR) is 122 cm³/mol. The number of carboxylic acids is 1. The largest absolute Gasteiger partial charge is 0.481 e. The van der Waals surface area contributed by atoms with Crippen LogP contribution in [-0.2, 0) is 18.4 Å². The maximum absolute atomic E-state index is 12.0. The lowest BCUT2D eigenvalue weighted by molar-refractivity contribution is -0.873. The van der Waals surface area contributed by atoms with Crippen LogP contribution >= 0.6 is 8.25 Å². The first kappa shape index (κ1) is 29.5.